The molecule has 0 spiro atoms. The molecule has 19 heavy (non-hydrogen) atoms. The first kappa shape index (κ1) is 14.0. The number of hydrogen-bond acceptors (Lipinski definition) is 5. The zero-order valence-corrected chi connectivity index (χ0v) is 11.5. The van der Waals surface area contributed by atoms with Crippen LogP contribution in [0.25, 0.3) is 0 Å². The number of nitrogens with two attached hydrogens (primary N) is 1. The summed E-state index contributed by atoms with van der Waals surface area (Å²) in [4.78, 5) is 11.2. The van der Waals surface area contributed by atoms with Crippen LogP contribution in [0.2, 0.25) is 0 Å². The summed E-state index contributed by atoms with van der Waals surface area (Å²) in [5.74, 6) is -1.35. The van der Waals surface area contributed by atoms with Gasteiger partial charge in [-0.05, 0) is 24.0 Å². The molecule has 1 aromatic carbocycles. The number of ether oxygens (including phenoxy) is 1. The molecular formula is C13H17NO4S. The van der Waals surface area contributed by atoms with E-state index in [9.17, 15) is 13.2 Å². The highest BCUT2D eigenvalue weighted by atomic mass is 32.2. The summed E-state index contributed by atoms with van der Waals surface area (Å²) in [6.07, 6.45) is 1.10. The zero-order valence-electron chi connectivity index (χ0n) is 10.7. The Labute approximate surface area is 112 Å². The summed E-state index contributed by atoms with van der Waals surface area (Å²) in [5, 5.41) is -0.721. The van der Waals surface area contributed by atoms with Crippen LogP contribution in [0.3, 0.4) is 0 Å². The molecule has 2 unspecified atom stereocenters. The van der Waals surface area contributed by atoms with Crippen molar-refractivity contribution in [3.63, 3.8) is 0 Å². The first-order chi connectivity index (χ1) is 8.95. The number of sulfone groups is 1. The van der Waals surface area contributed by atoms with E-state index in [-0.39, 0.29) is 0 Å². The standard InChI is InChI=1S/C13H17NO4S/c1-18-12(15)8-19(16,17)11-7-6-9-4-2-3-5-10(9)13(11)14/h2-5,11,13H,6-8,14H2,1H3. The lowest BCUT2D eigenvalue weighted by Gasteiger charge is -2.30. The fourth-order valence-corrected chi connectivity index (χ4v) is 4.23. The Morgan fingerprint density at radius 3 is 2.79 bits per heavy atom. The fourth-order valence-electron chi connectivity index (χ4n) is 2.50. The van der Waals surface area contributed by atoms with Crippen LogP contribution in [0.15, 0.2) is 24.3 Å². The van der Waals surface area contributed by atoms with Gasteiger partial charge in [-0.2, -0.15) is 0 Å². The third-order valence-electron chi connectivity index (χ3n) is 3.52. The minimum atomic E-state index is -3.59. The number of esters is 1. The third kappa shape index (κ3) is 2.79. The Hall–Kier alpha value is -1.40. The predicted molar refractivity (Wildman–Crippen MR) is 71.3 cm³/mol. The molecule has 6 heteroatoms. The molecule has 1 aliphatic carbocycles. The van der Waals surface area contributed by atoms with Crippen LogP contribution in [0, 0.1) is 0 Å². The maximum Gasteiger partial charge on any atom is 0.320 e. The summed E-state index contributed by atoms with van der Waals surface area (Å²) in [7, 11) is -2.41. The van der Waals surface area contributed by atoms with Gasteiger partial charge in [0.1, 0.15) is 5.75 Å². The molecule has 1 aromatic rings. The van der Waals surface area contributed by atoms with Crippen molar-refractivity contribution in [2.24, 2.45) is 5.73 Å². The molecule has 2 N–H and O–H groups in total. The Morgan fingerprint density at radius 2 is 2.11 bits per heavy atom. The quantitative estimate of drug-likeness (QED) is 0.820. The highest BCUT2D eigenvalue weighted by molar-refractivity contribution is 7.92. The maximum atomic E-state index is 12.2. The van der Waals surface area contributed by atoms with Gasteiger partial charge in [0.25, 0.3) is 0 Å². The largest absolute Gasteiger partial charge is 0.468 e. The lowest BCUT2D eigenvalue weighted by molar-refractivity contribution is -0.137. The maximum absolute atomic E-state index is 12.2. The molecule has 104 valence electrons. The van der Waals surface area contributed by atoms with Gasteiger partial charge in [0, 0.05) is 6.04 Å². The number of carbonyl (C=O) groups excluding carboxylic acids is 1. The van der Waals surface area contributed by atoms with E-state index in [4.69, 9.17) is 5.73 Å². The van der Waals surface area contributed by atoms with Crippen LogP contribution in [-0.2, 0) is 25.8 Å². The van der Waals surface area contributed by atoms with Crippen LogP contribution < -0.4 is 5.73 Å². The normalized spacial score (nSPS) is 22.6. The van der Waals surface area contributed by atoms with E-state index in [0.717, 1.165) is 11.1 Å². The molecule has 2 atom stereocenters. The molecule has 0 aromatic heterocycles. The monoisotopic (exact) mass is 283 g/mol. The van der Waals surface area contributed by atoms with Crippen molar-refractivity contribution in [2.45, 2.75) is 24.1 Å². The minimum Gasteiger partial charge on any atom is -0.468 e. The van der Waals surface area contributed by atoms with Gasteiger partial charge in [-0.15, -0.1) is 0 Å². The van der Waals surface area contributed by atoms with E-state index in [1.54, 1.807) is 0 Å². The van der Waals surface area contributed by atoms with Gasteiger partial charge in [-0.3, -0.25) is 4.79 Å². The van der Waals surface area contributed by atoms with Gasteiger partial charge in [0.2, 0.25) is 0 Å². The first-order valence-corrected chi connectivity index (χ1v) is 7.79. The molecule has 0 radical (unpaired) electrons. The van der Waals surface area contributed by atoms with E-state index in [2.05, 4.69) is 4.74 Å². The Morgan fingerprint density at radius 1 is 1.42 bits per heavy atom. The van der Waals surface area contributed by atoms with E-state index >= 15 is 0 Å². The molecule has 2 rings (SSSR count). The Kier molecular flexibility index (Phi) is 3.91. The Bertz CT molecular complexity index is 582. The molecular weight excluding hydrogens is 266 g/mol. The summed E-state index contributed by atoms with van der Waals surface area (Å²) in [5.41, 5.74) is 8.00. The first-order valence-electron chi connectivity index (χ1n) is 6.07. The number of hydrogen-bond donors (Lipinski definition) is 1. The molecule has 5 nitrogen and oxygen atoms in total. The van der Waals surface area contributed by atoms with E-state index in [1.807, 2.05) is 24.3 Å². The SMILES string of the molecule is COC(=O)CS(=O)(=O)C1CCc2ccccc2C1N. The van der Waals surface area contributed by atoms with Crippen molar-refractivity contribution in [3.8, 4) is 0 Å². The van der Waals surface area contributed by atoms with Crippen LogP contribution in [0.1, 0.15) is 23.6 Å². The highest BCUT2D eigenvalue weighted by Crippen LogP contribution is 2.32. The minimum absolute atomic E-state index is 0.442. The number of aryl methyl sites for hydroxylation is 1. The number of carbonyl (C=O) groups is 1. The second-order valence-corrected chi connectivity index (χ2v) is 6.90. The molecule has 0 aliphatic heterocycles. The van der Waals surface area contributed by atoms with Gasteiger partial charge >= 0.3 is 5.97 Å². The second-order valence-electron chi connectivity index (χ2n) is 4.69. The van der Waals surface area contributed by atoms with Gasteiger partial charge in [0.05, 0.1) is 12.4 Å². The van der Waals surface area contributed by atoms with Gasteiger partial charge in [0.15, 0.2) is 9.84 Å². The van der Waals surface area contributed by atoms with Crippen LogP contribution in [-0.4, -0.2) is 32.5 Å². The van der Waals surface area contributed by atoms with Crippen molar-refractivity contribution in [2.75, 3.05) is 12.9 Å². The summed E-state index contributed by atoms with van der Waals surface area (Å²) in [6.45, 7) is 0. The fraction of sp³-hybridized carbons (Fsp3) is 0.462. The number of fused-ring (bicyclic) bond motifs is 1. The molecule has 1 aliphatic rings. The number of rotatable bonds is 3. The molecule has 0 amide bonds. The van der Waals surface area contributed by atoms with Gasteiger partial charge in [-0.1, -0.05) is 24.3 Å². The van der Waals surface area contributed by atoms with Gasteiger partial charge in [-0.25, -0.2) is 8.42 Å². The topological polar surface area (TPSA) is 86.5 Å². The zero-order chi connectivity index (χ0) is 14.0. The van der Waals surface area contributed by atoms with Crippen LogP contribution in [0.4, 0.5) is 0 Å². The van der Waals surface area contributed by atoms with Crippen LogP contribution in [0.5, 0.6) is 0 Å². The number of methoxy groups -OCH3 is 1. The lowest BCUT2D eigenvalue weighted by atomic mass is 9.88. The van der Waals surface area contributed by atoms with E-state index in [0.29, 0.717) is 12.8 Å². The van der Waals surface area contributed by atoms with E-state index < -0.39 is 32.9 Å². The second kappa shape index (κ2) is 5.30. The average Bonchev–Trinajstić information content (AvgIpc) is 2.38. The van der Waals surface area contributed by atoms with Crippen molar-refractivity contribution < 1.29 is 17.9 Å². The predicted octanol–water partition coefficient (Wildman–Crippen LogP) is 0.589. The molecule has 0 saturated heterocycles. The molecule has 0 heterocycles. The average molecular weight is 283 g/mol. The summed E-state index contributed by atoms with van der Waals surface area (Å²) in [6, 6.07) is 6.97. The number of benzene rings is 1. The van der Waals surface area contributed by atoms with E-state index in [1.165, 1.54) is 7.11 Å². The van der Waals surface area contributed by atoms with Crippen molar-refractivity contribution >= 4 is 15.8 Å². The highest BCUT2D eigenvalue weighted by Gasteiger charge is 2.37. The van der Waals surface area contributed by atoms with Gasteiger partial charge < -0.3 is 10.5 Å². The van der Waals surface area contributed by atoms with Crippen LogP contribution >= 0.6 is 0 Å². The summed E-state index contributed by atoms with van der Waals surface area (Å²) < 4.78 is 28.8. The molecule has 0 saturated carbocycles. The van der Waals surface area contributed by atoms with Crippen molar-refractivity contribution in [1.82, 2.24) is 0 Å². The van der Waals surface area contributed by atoms with Crippen molar-refractivity contribution in [1.29, 1.82) is 0 Å². The molecule has 0 fully saturated rings. The van der Waals surface area contributed by atoms with Crippen molar-refractivity contribution in [3.05, 3.63) is 35.4 Å². The lowest BCUT2D eigenvalue weighted by Crippen LogP contribution is -2.40. The molecule has 0 bridgehead atoms. The smallest absolute Gasteiger partial charge is 0.320 e. The third-order valence-corrected chi connectivity index (χ3v) is 5.61. The summed E-state index contributed by atoms with van der Waals surface area (Å²) >= 11 is 0. The Balaban J connectivity index is 2.27.